The van der Waals surface area contributed by atoms with E-state index in [1.165, 1.54) is 33.3 Å². The first-order chi connectivity index (χ1) is 12.7. The van der Waals surface area contributed by atoms with Gasteiger partial charge in [0.25, 0.3) is 0 Å². The molecule has 0 saturated carbocycles. The van der Waals surface area contributed by atoms with Gasteiger partial charge in [-0.15, -0.1) is 0 Å². The summed E-state index contributed by atoms with van der Waals surface area (Å²) in [5, 5.41) is 10.6. The standard InChI is InChI=1S/C23H23NO2/c1-2-24-20-11-7-6-10-19(20)21(22(24)17-8-4-3-5-9-17)16-12-14-18(15-13-16)23(25)26/h3-12,18H,2,13-15H2,1H3,(H,25,26). The topological polar surface area (TPSA) is 42.2 Å². The minimum absolute atomic E-state index is 0.251. The summed E-state index contributed by atoms with van der Waals surface area (Å²) in [7, 11) is 0. The van der Waals surface area contributed by atoms with Crippen LogP contribution in [0.3, 0.4) is 0 Å². The van der Waals surface area contributed by atoms with Crippen LogP contribution in [-0.4, -0.2) is 15.6 Å². The molecule has 1 atom stereocenters. The molecule has 1 N–H and O–H groups in total. The average molecular weight is 345 g/mol. The van der Waals surface area contributed by atoms with Crippen LogP contribution in [0.1, 0.15) is 31.7 Å². The van der Waals surface area contributed by atoms with Gasteiger partial charge < -0.3 is 9.67 Å². The van der Waals surface area contributed by atoms with Crippen molar-refractivity contribution in [2.24, 2.45) is 5.92 Å². The zero-order chi connectivity index (χ0) is 18.1. The summed E-state index contributed by atoms with van der Waals surface area (Å²) in [6.45, 7) is 3.08. The second-order valence-corrected chi connectivity index (χ2v) is 6.89. The van der Waals surface area contributed by atoms with E-state index in [2.05, 4.69) is 66.1 Å². The van der Waals surface area contributed by atoms with Gasteiger partial charge in [-0.2, -0.15) is 0 Å². The zero-order valence-electron chi connectivity index (χ0n) is 15.0. The Kier molecular flexibility index (Phi) is 4.37. The van der Waals surface area contributed by atoms with E-state index >= 15 is 0 Å². The van der Waals surface area contributed by atoms with E-state index in [9.17, 15) is 9.90 Å². The van der Waals surface area contributed by atoms with Crippen molar-refractivity contribution in [2.75, 3.05) is 0 Å². The number of nitrogens with zero attached hydrogens (tertiary/aromatic N) is 1. The number of rotatable bonds is 4. The molecule has 0 amide bonds. The molecule has 0 bridgehead atoms. The number of aliphatic carboxylic acids is 1. The summed E-state index contributed by atoms with van der Waals surface area (Å²) in [5.74, 6) is -0.932. The van der Waals surface area contributed by atoms with E-state index < -0.39 is 5.97 Å². The summed E-state index contributed by atoms with van der Waals surface area (Å²) in [5.41, 5.74) is 6.25. The Morgan fingerprint density at radius 3 is 2.50 bits per heavy atom. The monoisotopic (exact) mass is 345 g/mol. The number of aromatic nitrogens is 1. The number of fused-ring (bicyclic) bond motifs is 1. The highest BCUT2D eigenvalue weighted by molar-refractivity contribution is 6.01. The van der Waals surface area contributed by atoms with Crippen LogP contribution in [-0.2, 0) is 11.3 Å². The molecule has 1 aliphatic carbocycles. The Bertz CT molecular complexity index is 982. The summed E-state index contributed by atoms with van der Waals surface area (Å²) < 4.78 is 2.38. The first-order valence-corrected chi connectivity index (χ1v) is 9.29. The predicted octanol–water partition coefficient (Wildman–Crippen LogP) is 5.60. The fourth-order valence-electron chi connectivity index (χ4n) is 4.14. The van der Waals surface area contributed by atoms with Crippen molar-refractivity contribution in [1.29, 1.82) is 0 Å². The van der Waals surface area contributed by atoms with Crippen molar-refractivity contribution in [1.82, 2.24) is 4.57 Å². The quantitative estimate of drug-likeness (QED) is 0.669. The normalized spacial score (nSPS) is 17.3. The number of para-hydroxylation sites is 1. The summed E-state index contributed by atoms with van der Waals surface area (Å²) in [6.07, 6.45) is 4.29. The minimum atomic E-state index is -0.681. The lowest BCUT2D eigenvalue weighted by Crippen LogP contribution is -2.15. The molecule has 3 aromatic rings. The van der Waals surface area contributed by atoms with Crippen LogP contribution in [0.2, 0.25) is 0 Å². The molecular weight excluding hydrogens is 322 g/mol. The zero-order valence-corrected chi connectivity index (χ0v) is 15.0. The summed E-state index contributed by atoms with van der Waals surface area (Å²) in [4.78, 5) is 11.3. The Morgan fingerprint density at radius 2 is 1.85 bits per heavy atom. The molecule has 1 aromatic heterocycles. The van der Waals surface area contributed by atoms with Crippen LogP contribution < -0.4 is 0 Å². The largest absolute Gasteiger partial charge is 0.481 e. The summed E-state index contributed by atoms with van der Waals surface area (Å²) >= 11 is 0. The maximum Gasteiger partial charge on any atom is 0.306 e. The molecular formula is C23H23NO2. The fraction of sp³-hybridized carbons (Fsp3) is 0.261. The van der Waals surface area contributed by atoms with Crippen LogP contribution in [0.4, 0.5) is 0 Å². The third kappa shape index (κ3) is 2.74. The van der Waals surface area contributed by atoms with Gasteiger partial charge in [-0.3, -0.25) is 4.79 Å². The van der Waals surface area contributed by atoms with Crippen molar-refractivity contribution in [3.05, 3.63) is 66.2 Å². The third-order valence-corrected chi connectivity index (χ3v) is 5.42. The second kappa shape index (κ2) is 6.83. The molecule has 26 heavy (non-hydrogen) atoms. The molecule has 1 unspecified atom stereocenters. The second-order valence-electron chi connectivity index (χ2n) is 6.89. The molecule has 0 fully saturated rings. The number of carboxylic acid groups (broad SMARTS) is 1. The van der Waals surface area contributed by atoms with Crippen molar-refractivity contribution in [3.8, 4) is 11.3 Å². The van der Waals surface area contributed by atoms with E-state index in [0.717, 1.165) is 13.0 Å². The number of carbonyl (C=O) groups is 1. The van der Waals surface area contributed by atoms with E-state index in [1.54, 1.807) is 0 Å². The maximum absolute atomic E-state index is 11.3. The van der Waals surface area contributed by atoms with Gasteiger partial charge in [0.15, 0.2) is 0 Å². The van der Waals surface area contributed by atoms with Crippen molar-refractivity contribution in [3.63, 3.8) is 0 Å². The van der Waals surface area contributed by atoms with Gasteiger partial charge in [0, 0.05) is 23.0 Å². The highest BCUT2D eigenvalue weighted by Crippen LogP contribution is 2.42. The lowest BCUT2D eigenvalue weighted by molar-refractivity contribution is -0.141. The molecule has 0 spiro atoms. The van der Waals surface area contributed by atoms with E-state index in [4.69, 9.17) is 0 Å². The highest BCUT2D eigenvalue weighted by atomic mass is 16.4. The van der Waals surface area contributed by atoms with Crippen molar-refractivity contribution in [2.45, 2.75) is 32.7 Å². The van der Waals surface area contributed by atoms with Gasteiger partial charge in [0.05, 0.1) is 11.6 Å². The number of hydrogen-bond acceptors (Lipinski definition) is 1. The van der Waals surface area contributed by atoms with Gasteiger partial charge in [-0.05, 0) is 43.4 Å². The van der Waals surface area contributed by atoms with E-state index in [0.29, 0.717) is 12.8 Å². The predicted molar refractivity (Wildman–Crippen MR) is 106 cm³/mol. The van der Waals surface area contributed by atoms with Crippen LogP contribution >= 0.6 is 0 Å². The lowest BCUT2D eigenvalue weighted by Gasteiger charge is -2.20. The smallest absolute Gasteiger partial charge is 0.306 e. The first kappa shape index (κ1) is 16.6. The van der Waals surface area contributed by atoms with Crippen LogP contribution in [0.25, 0.3) is 27.7 Å². The lowest BCUT2D eigenvalue weighted by atomic mass is 9.85. The van der Waals surface area contributed by atoms with Gasteiger partial charge in [-0.1, -0.05) is 54.6 Å². The number of benzene rings is 2. The van der Waals surface area contributed by atoms with E-state index in [1.807, 2.05) is 6.07 Å². The molecule has 0 aliphatic heterocycles. The average Bonchev–Trinajstić information content (AvgIpc) is 3.03. The van der Waals surface area contributed by atoms with Crippen molar-refractivity contribution >= 4 is 22.4 Å². The van der Waals surface area contributed by atoms with Crippen LogP contribution in [0, 0.1) is 5.92 Å². The molecule has 3 nitrogen and oxygen atoms in total. The molecule has 0 radical (unpaired) electrons. The molecule has 0 saturated heterocycles. The maximum atomic E-state index is 11.3. The number of aryl methyl sites for hydroxylation is 1. The Labute approximate surface area is 153 Å². The Hall–Kier alpha value is -2.81. The third-order valence-electron chi connectivity index (χ3n) is 5.42. The van der Waals surface area contributed by atoms with Crippen LogP contribution in [0.15, 0.2) is 60.7 Å². The SMILES string of the molecule is CCn1c(-c2ccccc2)c(C2=CCC(C(=O)O)CC2)c2ccccc21. The van der Waals surface area contributed by atoms with Gasteiger partial charge in [0.2, 0.25) is 0 Å². The Morgan fingerprint density at radius 1 is 1.12 bits per heavy atom. The number of carboxylic acids is 1. The molecule has 1 heterocycles. The van der Waals surface area contributed by atoms with Crippen LogP contribution in [0.5, 0.6) is 0 Å². The molecule has 1 aliphatic rings. The number of hydrogen-bond donors (Lipinski definition) is 1. The molecule has 132 valence electrons. The number of allylic oxidation sites excluding steroid dienone is 2. The fourth-order valence-corrected chi connectivity index (χ4v) is 4.14. The molecule has 2 aromatic carbocycles. The van der Waals surface area contributed by atoms with Gasteiger partial charge in [0.1, 0.15) is 0 Å². The first-order valence-electron chi connectivity index (χ1n) is 9.29. The van der Waals surface area contributed by atoms with Gasteiger partial charge in [-0.25, -0.2) is 0 Å². The van der Waals surface area contributed by atoms with E-state index in [-0.39, 0.29) is 5.92 Å². The molecule has 3 heteroatoms. The van der Waals surface area contributed by atoms with Crippen molar-refractivity contribution < 1.29 is 9.90 Å². The summed E-state index contributed by atoms with van der Waals surface area (Å²) in [6, 6.07) is 19.1. The minimum Gasteiger partial charge on any atom is -0.481 e. The van der Waals surface area contributed by atoms with Gasteiger partial charge >= 0.3 is 5.97 Å². The molecule has 4 rings (SSSR count). The Balaban J connectivity index is 1.95. The highest BCUT2D eigenvalue weighted by Gasteiger charge is 2.25.